The van der Waals surface area contributed by atoms with E-state index in [-0.39, 0.29) is 12.6 Å². The van der Waals surface area contributed by atoms with Crippen molar-refractivity contribution >= 4 is 18.1 Å². The maximum Gasteiger partial charge on any atom is 0.331 e. The molecule has 20 heavy (non-hydrogen) atoms. The van der Waals surface area contributed by atoms with Gasteiger partial charge in [-0.3, -0.25) is 0 Å². The predicted molar refractivity (Wildman–Crippen MR) is 81.9 cm³/mol. The molecule has 0 atom stereocenters. The van der Waals surface area contributed by atoms with Crippen molar-refractivity contribution in [1.29, 1.82) is 0 Å². The highest BCUT2D eigenvalue weighted by Gasteiger charge is 1.94. The van der Waals surface area contributed by atoms with E-state index < -0.39 is 0 Å². The van der Waals surface area contributed by atoms with Crippen LogP contribution in [0, 0.1) is 0 Å². The first-order valence-electron chi connectivity index (χ1n) is 6.46. The molecule has 0 radical (unpaired) electrons. The third-order valence-electron chi connectivity index (χ3n) is 2.64. The van der Waals surface area contributed by atoms with Gasteiger partial charge in [-0.15, -0.1) is 0 Å². The molecular formula is C18H16O2. The zero-order valence-electron chi connectivity index (χ0n) is 11.1. The first-order chi connectivity index (χ1) is 9.84. The third-order valence-corrected chi connectivity index (χ3v) is 2.64. The van der Waals surface area contributed by atoms with Gasteiger partial charge >= 0.3 is 5.97 Å². The molecule has 0 amide bonds. The molecule has 0 spiro atoms. The quantitative estimate of drug-likeness (QED) is 0.603. The zero-order chi connectivity index (χ0) is 14.0. The van der Waals surface area contributed by atoms with Crippen LogP contribution < -0.4 is 0 Å². The highest BCUT2D eigenvalue weighted by Crippen LogP contribution is 2.02. The van der Waals surface area contributed by atoms with Crippen LogP contribution in [-0.2, 0) is 9.53 Å². The second-order valence-corrected chi connectivity index (χ2v) is 4.19. The fourth-order valence-corrected chi connectivity index (χ4v) is 1.66. The standard InChI is InChI=1S/C18H16O2/c19-18(14-13-17-10-5-2-6-11-17)20-15-7-12-16-8-3-1-4-9-16/h1-14H,15H2/b12-7+,14-13?. The molecule has 0 saturated heterocycles. The lowest BCUT2D eigenvalue weighted by atomic mass is 10.2. The van der Waals surface area contributed by atoms with Gasteiger partial charge in [-0.05, 0) is 23.3 Å². The highest BCUT2D eigenvalue weighted by molar-refractivity contribution is 5.87. The van der Waals surface area contributed by atoms with Crippen LogP contribution in [0.1, 0.15) is 11.1 Å². The van der Waals surface area contributed by atoms with Gasteiger partial charge in [-0.2, -0.15) is 0 Å². The van der Waals surface area contributed by atoms with E-state index in [1.807, 2.05) is 72.8 Å². The molecule has 0 N–H and O–H groups in total. The Morgan fingerprint density at radius 1 is 0.850 bits per heavy atom. The Kier molecular flexibility index (Phi) is 5.35. The van der Waals surface area contributed by atoms with Crippen molar-refractivity contribution in [2.75, 3.05) is 6.61 Å². The monoisotopic (exact) mass is 264 g/mol. The molecule has 0 fully saturated rings. The molecule has 0 saturated carbocycles. The van der Waals surface area contributed by atoms with Crippen molar-refractivity contribution in [3.8, 4) is 0 Å². The van der Waals surface area contributed by atoms with Crippen LogP contribution in [0.5, 0.6) is 0 Å². The molecule has 2 aromatic rings. The summed E-state index contributed by atoms with van der Waals surface area (Å²) < 4.78 is 5.07. The molecule has 2 nitrogen and oxygen atoms in total. The van der Waals surface area contributed by atoms with Crippen LogP contribution in [0.15, 0.2) is 72.8 Å². The van der Waals surface area contributed by atoms with Crippen molar-refractivity contribution < 1.29 is 9.53 Å². The topological polar surface area (TPSA) is 26.3 Å². The minimum absolute atomic E-state index is 0.271. The van der Waals surface area contributed by atoms with Gasteiger partial charge in [0, 0.05) is 6.08 Å². The molecule has 0 aliphatic rings. The molecule has 2 heteroatoms. The normalized spacial score (nSPS) is 11.0. The summed E-state index contributed by atoms with van der Waals surface area (Å²) in [6.07, 6.45) is 6.92. The fraction of sp³-hybridized carbons (Fsp3) is 0.0556. The van der Waals surface area contributed by atoms with Gasteiger partial charge in [-0.25, -0.2) is 4.79 Å². The van der Waals surface area contributed by atoms with Gasteiger partial charge in [0.15, 0.2) is 0 Å². The average Bonchev–Trinajstić information content (AvgIpc) is 2.52. The van der Waals surface area contributed by atoms with Crippen LogP contribution in [-0.4, -0.2) is 12.6 Å². The Morgan fingerprint density at radius 3 is 2.00 bits per heavy atom. The van der Waals surface area contributed by atoms with Crippen molar-refractivity contribution in [2.24, 2.45) is 0 Å². The number of ether oxygens (including phenoxy) is 1. The number of rotatable bonds is 5. The summed E-state index contributed by atoms with van der Waals surface area (Å²) in [6.45, 7) is 0.271. The molecule has 2 rings (SSSR count). The zero-order valence-corrected chi connectivity index (χ0v) is 11.1. The Bertz CT molecular complexity index is 583. The van der Waals surface area contributed by atoms with Crippen LogP contribution in [0.2, 0.25) is 0 Å². The van der Waals surface area contributed by atoms with Gasteiger partial charge in [0.1, 0.15) is 6.61 Å². The Balaban J connectivity index is 1.76. The average molecular weight is 264 g/mol. The van der Waals surface area contributed by atoms with E-state index in [2.05, 4.69) is 0 Å². The maximum absolute atomic E-state index is 11.5. The summed E-state index contributed by atoms with van der Waals surface area (Å²) in [5.74, 6) is -0.341. The van der Waals surface area contributed by atoms with E-state index in [4.69, 9.17) is 4.74 Å². The molecule has 0 heterocycles. The lowest BCUT2D eigenvalue weighted by Gasteiger charge is -1.97. The molecule has 0 unspecified atom stereocenters. The van der Waals surface area contributed by atoms with Gasteiger partial charge in [0.25, 0.3) is 0 Å². The Hall–Kier alpha value is -2.61. The van der Waals surface area contributed by atoms with E-state index >= 15 is 0 Å². The third kappa shape index (κ3) is 4.94. The van der Waals surface area contributed by atoms with Gasteiger partial charge in [0.05, 0.1) is 0 Å². The number of carbonyl (C=O) groups excluding carboxylic acids is 1. The highest BCUT2D eigenvalue weighted by atomic mass is 16.5. The minimum Gasteiger partial charge on any atom is -0.458 e. The summed E-state index contributed by atoms with van der Waals surface area (Å²) >= 11 is 0. The predicted octanol–water partition coefficient (Wildman–Crippen LogP) is 3.96. The van der Waals surface area contributed by atoms with Crippen LogP contribution in [0.25, 0.3) is 12.2 Å². The molecule has 0 aliphatic heterocycles. The van der Waals surface area contributed by atoms with Gasteiger partial charge < -0.3 is 4.74 Å². The first-order valence-corrected chi connectivity index (χ1v) is 6.46. The molecular weight excluding hydrogens is 248 g/mol. The van der Waals surface area contributed by atoms with Crippen LogP contribution >= 0.6 is 0 Å². The fourth-order valence-electron chi connectivity index (χ4n) is 1.66. The van der Waals surface area contributed by atoms with E-state index in [0.29, 0.717) is 0 Å². The van der Waals surface area contributed by atoms with Crippen LogP contribution in [0.4, 0.5) is 0 Å². The van der Waals surface area contributed by atoms with Crippen molar-refractivity contribution in [1.82, 2.24) is 0 Å². The van der Waals surface area contributed by atoms with Gasteiger partial charge in [-0.1, -0.05) is 66.7 Å². The second-order valence-electron chi connectivity index (χ2n) is 4.19. The largest absolute Gasteiger partial charge is 0.458 e. The SMILES string of the molecule is O=C(C=Cc1ccccc1)OC/C=C/c1ccccc1. The number of carbonyl (C=O) groups is 1. The van der Waals surface area contributed by atoms with E-state index in [9.17, 15) is 4.79 Å². The Labute approximate surface area is 119 Å². The van der Waals surface area contributed by atoms with Crippen LogP contribution in [0.3, 0.4) is 0 Å². The first kappa shape index (κ1) is 13.8. The van der Waals surface area contributed by atoms with Crippen molar-refractivity contribution in [2.45, 2.75) is 0 Å². The smallest absolute Gasteiger partial charge is 0.331 e. The summed E-state index contributed by atoms with van der Waals surface area (Å²) in [4.78, 5) is 11.5. The molecule has 0 bridgehead atoms. The van der Waals surface area contributed by atoms with Crippen molar-refractivity contribution in [3.63, 3.8) is 0 Å². The molecule has 2 aromatic carbocycles. The second kappa shape index (κ2) is 7.74. The summed E-state index contributed by atoms with van der Waals surface area (Å²) in [5, 5.41) is 0. The van der Waals surface area contributed by atoms with E-state index in [1.54, 1.807) is 6.08 Å². The van der Waals surface area contributed by atoms with E-state index in [0.717, 1.165) is 11.1 Å². The summed E-state index contributed by atoms with van der Waals surface area (Å²) in [7, 11) is 0. The lowest BCUT2D eigenvalue weighted by Crippen LogP contribution is -1.99. The summed E-state index contributed by atoms with van der Waals surface area (Å²) in [6, 6.07) is 19.5. The number of hydrogen-bond donors (Lipinski definition) is 0. The summed E-state index contributed by atoms with van der Waals surface area (Å²) in [5.41, 5.74) is 2.06. The molecule has 0 aromatic heterocycles. The minimum atomic E-state index is -0.341. The lowest BCUT2D eigenvalue weighted by molar-refractivity contribution is -0.136. The number of esters is 1. The van der Waals surface area contributed by atoms with Gasteiger partial charge in [0.2, 0.25) is 0 Å². The number of benzene rings is 2. The number of hydrogen-bond acceptors (Lipinski definition) is 2. The van der Waals surface area contributed by atoms with E-state index in [1.165, 1.54) is 6.08 Å². The molecule has 0 aliphatic carbocycles. The maximum atomic E-state index is 11.5. The van der Waals surface area contributed by atoms with Crippen molar-refractivity contribution in [3.05, 3.63) is 83.9 Å². The molecule has 100 valence electrons. The Morgan fingerprint density at radius 2 is 1.40 bits per heavy atom.